The Bertz CT molecular complexity index is 511. The zero-order valence-electron chi connectivity index (χ0n) is 9.45. The van der Waals surface area contributed by atoms with Crippen LogP contribution in [0, 0.1) is 18.6 Å². The van der Waals surface area contributed by atoms with Crippen LogP contribution in [0.15, 0.2) is 24.4 Å². The van der Waals surface area contributed by atoms with Crippen molar-refractivity contribution in [3.8, 4) is 5.69 Å². The van der Waals surface area contributed by atoms with Crippen LogP contribution in [-0.4, -0.2) is 16.3 Å². The van der Waals surface area contributed by atoms with E-state index < -0.39 is 11.6 Å². The van der Waals surface area contributed by atoms with E-state index in [0.717, 1.165) is 0 Å². The largest absolute Gasteiger partial charge is 0.330 e. The Hall–Kier alpha value is -1.75. The minimum absolute atomic E-state index is 0.154. The third kappa shape index (κ3) is 2.34. The molecule has 0 fully saturated rings. The average molecular weight is 237 g/mol. The number of nitrogens with two attached hydrogens (primary N) is 1. The van der Waals surface area contributed by atoms with Crippen LogP contribution in [0.25, 0.3) is 5.69 Å². The number of hydrogen-bond acceptors (Lipinski definition) is 2. The summed E-state index contributed by atoms with van der Waals surface area (Å²) in [5.41, 5.74) is 6.45. The first-order valence-electron chi connectivity index (χ1n) is 5.32. The van der Waals surface area contributed by atoms with Gasteiger partial charge in [0.05, 0.1) is 5.69 Å². The lowest BCUT2D eigenvalue weighted by Crippen LogP contribution is -2.07. The zero-order chi connectivity index (χ0) is 12.4. The van der Waals surface area contributed by atoms with E-state index in [1.54, 1.807) is 13.0 Å². The molecule has 90 valence electrons. The Morgan fingerprint density at radius 3 is 2.41 bits per heavy atom. The van der Waals surface area contributed by atoms with Crippen molar-refractivity contribution in [3.05, 3.63) is 47.3 Å². The van der Waals surface area contributed by atoms with Crippen LogP contribution < -0.4 is 5.73 Å². The van der Waals surface area contributed by atoms with Gasteiger partial charge in [-0.15, -0.1) is 0 Å². The molecule has 0 aliphatic carbocycles. The molecule has 1 heterocycles. The predicted octanol–water partition coefficient (Wildman–Crippen LogP) is 1.96. The number of halogens is 2. The molecule has 3 nitrogen and oxygen atoms in total. The summed E-state index contributed by atoms with van der Waals surface area (Å²) in [6, 6.07) is 4.28. The van der Waals surface area contributed by atoms with Crippen molar-refractivity contribution < 1.29 is 8.78 Å². The Morgan fingerprint density at radius 1 is 1.29 bits per heavy atom. The van der Waals surface area contributed by atoms with Gasteiger partial charge in [-0.2, -0.15) is 5.10 Å². The molecule has 5 heteroatoms. The molecule has 2 rings (SSSR count). The number of aryl methyl sites for hydroxylation is 1. The van der Waals surface area contributed by atoms with E-state index >= 15 is 0 Å². The summed E-state index contributed by atoms with van der Waals surface area (Å²) in [4.78, 5) is 0. The van der Waals surface area contributed by atoms with E-state index in [2.05, 4.69) is 5.10 Å². The quantitative estimate of drug-likeness (QED) is 0.886. The lowest BCUT2D eigenvalue weighted by atomic mass is 10.1. The van der Waals surface area contributed by atoms with Crippen LogP contribution in [0.1, 0.15) is 11.3 Å². The van der Waals surface area contributed by atoms with Crippen LogP contribution in [0.4, 0.5) is 8.78 Å². The smallest absolute Gasteiger partial charge is 0.152 e. The normalized spacial score (nSPS) is 10.8. The first-order chi connectivity index (χ1) is 8.11. The molecule has 0 saturated heterocycles. The number of rotatable bonds is 3. The fourth-order valence-electron chi connectivity index (χ4n) is 1.69. The summed E-state index contributed by atoms with van der Waals surface area (Å²) in [6.45, 7) is 2.12. The van der Waals surface area contributed by atoms with Crippen LogP contribution >= 0.6 is 0 Å². The molecule has 17 heavy (non-hydrogen) atoms. The van der Waals surface area contributed by atoms with E-state index in [1.165, 1.54) is 23.0 Å². The lowest BCUT2D eigenvalue weighted by molar-refractivity contribution is 0.556. The molecule has 0 atom stereocenters. The fourth-order valence-corrected chi connectivity index (χ4v) is 1.69. The molecule has 2 N–H and O–H groups in total. The number of aromatic nitrogens is 2. The van der Waals surface area contributed by atoms with Gasteiger partial charge in [-0.25, -0.2) is 13.5 Å². The van der Waals surface area contributed by atoms with E-state index in [1.807, 2.05) is 0 Å². The molecule has 0 bridgehead atoms. The standard InChI is InChI=1S/C12H13F2N3/c1-8-3-5-17(16-8)12-10(13)6-9(2-4-15)7-11(12)14/h3,5-7H,2,4,15H2,1H3. The van der Waals surface area contributed by atoms with Crippen molar-refractivity contribution in [2.75, 3.05) is 6.54 Å². The van der Waals surface area contributed by atoms with Gasteiger partial charge in [0.1, 0.15) is 5.69 Å². The Kier molecular flexibility index (Phi) is 3.19. The molecule has 0 aliphatic heterocycles. The molecule has 0 amide bonds. The summed E-state index contributed by atoms with van der Waals surface area (Å²) >= 11 is 0. The van der Waals surface area contributed by atoms with E-state index in [4.69, 9.17) is 5.73 Å². The van der Waals surface area contributed by atoms with Crippen LogP contribution in [0.5, 0.6) is 0 Å². The second-order valence-electron chi connectivity index (χ2n) is 3.85. The van der Waals surface area contributed by atoms with Gasteiger partial charge in [0.2, 0.25) is 0 Å². The fraction of sp³-hybridized carbons (Fsp3) is 0.250. The second-order valence-corrected chi connectivity index (χ2v) is 3.85. The summed E-state index contributed by atoms with van der Waals surface area (Å²) < 4.78 is 28.8. The van der Waals surface area contributed by atoms with Crippen LogP contribution in [0.2, 0.25) is 0 Å². The number of hydrogen-bond donors (Lipinski definition) is 1. The molecule has 0 radical (unpaired) electrons. The molecular formula is C12H13F2N3. The average Bonchev–Trinajstić information content (AvgIpc) is 2.64. The molecule has 1 aromatic carbocycles. The minimum Gasteiger partial charge on any atom is -0.330 e. The summed E-state index contributed by atoms with van der Waals surface area (Å²) in [7, 11) is 0. The topological polar surface area (TPSA) is 43.8 Å². The molecule has 0 unspecified atom stereocenters. The van der Waals surface area contributed by atoms with Crippen molar-refractivity contribution >= 4 is 0 Å². The third-order valence-electron chi connectivity index (χ3n) is 2.46. The Morgan fingerprint density at radius 2 is 1.94 bits per heavy atom. The van der Waals surface area contributed by atoms with Gasteiger partial charge in [0.15, 0.2) is 11.6 Å². The zero-order valence-corrected chi connectivity index (χ0v) is 9.45. The van der Waals surface area contributed by atoms with Gasteiger partial charge in [-0.3, -0.25) is 0 Å². The molecule has 2 aromatic rings. The minimum atomic E-state index is -0.628. The van der Waals surface area contributed by atoms with Gasteiger partial charge < -0.3 is 5.73 Å². The van der Waals surface area contributed by atoms with Gasteiger partial charge in [-0.05, 0) is 43.7 Å². The Balaban J connectivity index is 2.48. The SMILES string of the molecule is Cc1ccn(-c2c(F)cc(CCN)cc2F)n1. The highest BCUT2D eigenvalue weighted by molar-refractivity contribution is 5.38. The maximum absolute atomic E-state index is 13.8. The van der Waals surface area contributed by atoms with Crippen LogP contribution in [-0.2, 0) is 6.42 Å². The molecular weight excluding hydrogens is 224 g/mol. The van der Waals surface area contributed by atoms with E-state index in [0.29, 0.717) is 24.2 Å². The molecule has 0 spiro atoms. The van der Waals surface area contributed by atoms with Crippen molar-refractivity contribution in [1.82, 2.24) is 9.78 Å². The first kappa shape index (κ1) is 11.7. The van der Waals surface area contributed by atoms with Crippen molar-refractivity contribution in [2.24, 2.45) is 5.73 Å². The maximum atomic E-state index is 13.8. The van der Waals surface area contributed by atoms with Crippen molar-refractivity contribution in [1.29, 1.82) is 0 Å². The summed E-state index contributed by atoms with van der Waals surface area (Å²) in [6.07, 6.45) is 1.98. The maximum Gasteiger partial charge on any atom is 0.152 e. The lowest BCUT2D eigenvalue weighted by Gasteiger charge is -2.07. The number of benzene rings is 1. The van der Waals surface area contributed by atoms with Gasteiger partial charge in [-0.1, -0.05) is 0 Å². The monoisotopic (exact) mass is 237 g/mol. The van der Waals surface area contributed by atoms with Crippen molar-refractivity contribution in [3.63, 3.8) is 0 Å². The van der Waals surface area contributed by atoms with Gasteiger partial charge in [0.25, 0.3) is 0 Å². The van der Waals surface area contributed by atoms with E-state index in [-0.39, 0.29) is 5.69 Å². The molecule has 0 saturated carbocycles. The van der Waals surface area contributed by atoms with Crippen molar-refractivity contribution in [2.45, 2.75) is 13.3 Å². The first-order valence-corrected chi connectivity index (χ1v) is 5.32. The number of nitrogens with zero attached hydrogens (tertiary/aromatic N) is 2. The summed E-state index contributed by atoms with van der Waals surface area (Å²) in [5, 5.41) is 3.99. The highest BCUT2D eigenvalue weighted by atomic mass is 19.1. The second kappa shape index (κ2) is 4.63. The van der Waals surface area contributed by atoms with Gasteiger partial charge >= 0.3 is 0 Å². The highest BCUT2D eigenvalue weighted by Crippen LogP contribution is 2.19. The molecule has 1 aromatic heterocycles. The molecule has 0 aliphatic rings. The highest BCUT2D eigenvalue weighted by Gasteiger charge is 2.13. The Labute approximate surface area is 97.9 Å². The van der Waals surface area contributed by atoms with Gasteiger partial charge in [0, 0.05) is 6.20 Å². The van der Waals surface area contributed by atoms with E-state index in [9.17, 15) is 8.78 Å². The summed E-state index contributed by atoms with van der Waals surface area (Å²) in [5.74, 6) is -1.26. The van der Waals surface area contributed by atoms with Crippen LogP contribution in [0.3, 0.4) is 0 Å². The third-order valence-corrected chi connectivity index (χ3v) is 2.46. The predicted molar refractivity (Wildman–Crippen MR) is 61.0 cm³/mol.